The molecule has 1 unspecified atom stereocenters. The van der Waals surface area contributed by atoms with Crippen LogP contribution < -0.4 is 0 Å². The number of thioether (sulfide) groups is 1. The monoisotopic (exact) mass is 318 g/mol. The number of rotatable bonds is 3. The van der Waals surface area contributed by atoms with Crippen molar-refractivity contribution in [1.82, 2.24) is 14.9 Å². The van der Waals surface area contributed by atoms with Gasteiger partial charge in [0.1, 0.15) is 22.5 Å². The standard InChI is InChI=1S/C16H22N4OS/c1-11-14(10-17)15(19-13(3)18-11)22-12(2)16(21)20-8-6-4-5-7-9-20/h12H,4-9H2,1-3H3. The summed E-state index contributed by atoms with van der Waals surface area (Å²) in [7, 11) is 0. The van der Waals surface area contributed by atoms with Crippen molar-refractivity contribution in [3.05, 3.63) is 17.1 Å². The maximum Gasteiger partial charge on any atom is 0.235 e. The number of carbonyl (C=O) groups excluding carboxylic acids is 1. The number of carbonyl (C=O) groups is 1. The van der Waals surface area contributed by atoms with Crippen LogP contribution in [0.2, 0.25) is 0 Å². The highest BCUT2D eigenvalue weighted by Gasteiger charge is 2.24. The van der Waals surface area contributed by atoms with Gasteiger partial charge in [0, 0.05) is 13.1 Å². The van der Waals surface area contributed by atoms with Gasteiger partial charge in [0.05, 0.1) is 10.9 Å². The molecule has 0 saturated carbocycles. The van der Waals surface area contributed by atoms with Crippen molar-refractivity contribution < 1.29 is 4.79 Å². The van der Waals surface area contributed by atoms with Crippen molar-refractivity contribution in [3.8, 4) is 6.07 Å². The summed E-state index contributed by atoms with van der Waals surface area (Å²) in [6.07, 6.45) is 4.57. The van der Waals surface area contributed by atoms with Crippen molar-refractivity contribution >= 4 is 17.7 Å². The molecule has 0 radical (unpaired) electrons. The van der Waals surface area contributed by atoms with E-state index in [9.17, 15) is 10.1 Å². The number of nitrogens with zero attached hydrogens (tertiary/aromatic N) is 4. The average molecular weight is 318 g/mol. The molecule has 1 aromatic heterocycles. The number of amides is 1. The highest BCUT2D eigenvalue weighted by molar-refractivity contribution is 8.00. The van der Waals surface area contributed by atoms with Crippen molar-refractivity contribution in [2.75, 3.05) is 13.1 Å². The molecule has 2 rings (SSSR count). The summed E-state index contributed by atoms with van der Waals surface area (Å²) >= 11 is 1.37. The van der Waals surface area contributed by atoms with Gasteiger partial charge >= 0.3 is 0 Å². The summed E-state index contributed by atoms with van der Waals surface area (Å²) < 4.78 is 0. The Morgan fingerprint density at radius 2 is 1.86 bits per heavy atom. The summed E-state index contributed by atoms with van der Waals surface area (Å²) in [6, 6.07) is 2.15. The Balaban J connectivity index is 2.13. The number of nitriles is 1. The van der Waals surface area contributed by atoms with E-state index in [0.29, 0.717) is 22.1 Å². The summed E-state index contributed by atoms with van der Waals surface area (Å²) in [5.74, 6) is 0.776. The molecule has 0 N–H and O–H groups in total. The molecule has 1 aliphatic heterocycles. The molecule has 0 aromatic carbocycles. The third-order valence-electron chi connectivity index (χ3n) is 3.83. The van der Waals surface area contributed by atoms with Gasteiger partial charge in [-0.1, -0.05) is 24.6 Å². The Morgan fingerprint density at radius 1 is 1.23 bits per heavy atom. The van der Waals surface area contributed by atoms with Gasteiger partial charge in [0.2, 0.25) is 5.91 Å². The predicted octanol–water partition coefficient (Wildman–Crippen LogP) is 2.85. The SMILES string of the molecule is Cc1nc(C)c(C#N)c(SC(C)C(=O)N2CCCCCC2)n1. The minimum absolute atomic E-state index is 0.143. The lowest BCUT2D eigenvalue weighted by Crippen LogP contribution is -2.37. The summed E-state index contributed by atoms with van der Waals surface area (Å²) in [6.45, 7) is 7.19. The van der Waals surface area contributed by atoms with Crippen LogP contribution >= 0.6 is 11.8 Å². The van der Waals surface area contributed by atoms with Crippen LogP contribution in [-0.2, 0) is 4.79 Å². The molecular formula is C16H22N4OS. The lowest BCUT2D eigenvalue weighted by Gasteiger charge is -2.23. The fourth-order valence-electron chi connectivity index (χ4n) is 2.66. The van der Waals surface area contributed by atoms with Crippen molar-refractivity contribution in [1.29, 1.82) is 5.26 Å². The molecule has 1 fully saturated rings. The number of aromatic nitrogens is 2. The van der Waals surface area contributed by atoms with Crippen LogP contribution in [0.3, 0.4) is 0 Å². The van der Waals surface area contributed by atoms with Crippen LogP contribution in [0.25, 0.3) is 0 Å². The number of hydrogen-bond donors (Lipinski definition) is 0. The zero-order valence-electron chi connectivity index (χ0n) is 13.4. The zero-order chi connectivity index (χ0) is 16.1. The predicted molar refractivity (Wildman–Crippen MR) is 86.6 cm³/mol. The molecule has 6 heteroatoms. The van der Waals surface area contributed by atoms with Crippen molar-refractivity contribution in [3.63, 3.8) is 0 Å². The highest BCUT2D eigenvalue weighted by Crippen LogP contribution is 2.27. The number of aryl methyl sites for hydroxylation is 2. The molecule has 1 amide bonds. The molecule has 5 nitrogen and oxygen atoms in total. The maximum absolute atomic E-state index is 12.6. The van der Waals surface area contributed by atoms with Crippen LogP contribution in [0, 0.1) is 25.2 Å². The number of hydrogen-bond acceptors (Lipinski definition) is 5. The van der Waals surface area contributed by atoms with Gasteiger partial charge in [-0.25, -0.2) is 9.97 Å². The molecule has 1 aromatic rings. The molecule has 22 heavy (non-hydrogen) atoms. The minimum atomic E-state index is -0.237. The van der Waals surface area contributed by atoms with E-state index in [1.807, 2.05) is 11.8 Å². The third-order valence-corrected chi connectivity index (χ3v) is 4.91. The fraction of sp³-hybridized carbons (Fsp3) is 0.625. The van der Waals surface area contributed by atoms with Gasteiger partial charge < -0.3 is 4.90 Å². The molecule has 0 bridgehead atoms. The fourth-order valence-corrected chi connectivity index (χ4v) is 3.74. The van der Waals surface area contributed by atoms with Gasteiger partial charge in [-0.3, -0.25) is 4.79 Å². The van der Waals surface area contributed by atoms with Gasteiger partial charge in [-0.2, -0.15) is 5.26 Å². The molecular weight excluding hydrogens is 296 g/mol. The van der Waals surface area contributed by atoms with Gasteiger partial charge in [-0.15, -0.1) is 0 Å². The molecule has 2 heterocycles. The Labute approximate surface area is 136 Å². The molecule has 118 valence electrons. The molecule has 1 saturated heterocycles. The van der Waals surface area contributed by atoms with Gasteiger partial charge in [0.15, 0.2) is 0 Å². The van der Waals surface area contributed by atoms with Crippen LogP contribution in [0.1, 0.15) is 49.7 Å². The normalized spacial score (nSPS) is 16.7. The first-order chi connectivity index (χ1) is 10.5. The van der Waals surface area contributed by atoms with E-state index in [1.165, 1.54) is 24.6 Å². The van der Waals surface area contributed by atoms with Crippen LogP contribution in [0.5, 0.6) is 0 Å². The third kappa shape index (κ3) is 3.98. The second-order valence-corrected chi connectivity index (χ2v) is 6.98. The van der Waals surface area contributed by atoms with Gasteiger partial charge in [0.25, 0.3) is 0 Å². The topological polar surface area (TPSA) is 69.9 Å². The number of likely N-dealkylation sites (tertiary alicyclic amines) is 1. The quantitative estimate of drug-likeness (QED) is 0.633. The van der Waals surface area contributed by atoms with Crippen LogP contribution in [0.15, 0.2) is 5.03 Å². The zero-order valence-corrected chi connectivity index (χ0v) is 14.2. The van der Waals surface area contributed by atoms with E-state index < -0.39 is 0 Å². The van der Waals surface area contributed by atoms with E-state index in [4.69, 9.17) is 0 Å². The molecule has 1 atom stereocenters. The van der Waals surface area contributed by atoms with Crippen molar-refractivity contribution in [2.45, 2.75) is 56.7 Å². The maximum atomic E-state index is 12.6. The Morgan fingerprint density at radius 3 is 2.45 bits per heavy atom. The molecule has 1 aliphatic rings. The largest absolute Gasteiger partial charge is 0.342 e. The first kappa shape index (κ1) is 16.8. The van der Waals surface area contributed by atoms with Crippen LogP contribution in [0.4, 0.5) is 0 Å². The van der Waals surface area contributed by atoms with E-state index in [2.05, 4.69) is 16.0 Å². The smallest absolute Gasteiger partial charge is 0.235 e. The van der Waals surface area contributed by atoms with E-state index in [1.54, 1.807) is 13.8 Å². The first-order valence-corrected chi connectivity index (χ1v) is 8.61. The Bertz CT molecular complexity index is 589. The Hall–Kier alpha value is -1.61. The van der Waals surface area contributed by atoms with Crippen LogP contribution in [-0.4, -0.2) is 39.1 Å². The molecule has 0 spiro atoms. The molecule has 0 aliphatic carbocycles. The first-order valence-electron chi connectivity index (χ1n) is 7.73. The summed E-state index contributed by atoms with van der Waals surface area (Å²) in [5, 5.41) is 9.67. The summed E-state index contributed by atoms with van der Waals surface area (Å²) in [5.41, 5.74) is 1.15. The second kappa shape index (κ2) is 7.59. The van der Waals surface area contributed by atoms with E-state index >= 15 is 0 Å². The van der Waals surface area contributed by atoms with Crippen molar-refractivity contribution in [2.24, 2.45) is 0 Å². The van der Waals surface area contributed by atoms with Gasteiger partial charge in [-0.05, 0) is 33.6 Å². The lowest BCUT2D eigenvalue weighted by molar-refractivity contribution is -0.130. The summed E-state index contributed by atoms with van der Waals surface area (Å²) in [4.78, 5) is 23.1. The van der Waals surface area contributed by atoms with E-state index in [0.717, 1.165) is 25.9 Å². The Kier molecular flexibility index (Phi) is 5.78. The average Bonchev–Trinajstić information content (AvgIpc) is 2.75. The highest BCUT2D eigenvalue weighted by atomic mass is 32.2. The van der Waals surface area contributed by atoms with E-state index in [-0.39, 0.29) is 11.2 Å². The lowest BCUT2D eigenvalue weighted by atomic mass is 10.2. The second-order valence-electron chi connectivity index (χ2n) is 5.65. The minimum Gasteiger partial charge on any atom is -0.342 e.